The molecule has 1 aromatic carbocycles. The summed E-state index contributed by atoms with van der Waals surface area (Å²) in [6.07, 6.45) is 2.85. The summed E-state index contributed by atoms with van der Waals surface area (Å²) in [5.41, 5.74) is 1.62. The van der Waals surface area contributed by atoms with Crippen LogP contribution in [0.3, 0.4) is 0 Å². The van der Waals surface area contributed by atoms with Gasteiger partial charge >= 0.3 is 5.97 Å². The maximum Gasteiger partial charge on any atom is 0.311 e. The highest BCUT2D eigenvalue weighted by atomic mass is 19.1. The Bertz CT molecular complexity index is 779. The standard InChI is InChI=1S/C18H18FNO4/c1-11-10-24-15(8-16(21)22)17(11)18(23)20(14-5-6-14)9-12-3-2-4-13(19)7-12/h2-4,7,10,14H,5-6,8-9H2,1H3,(H,21,22). The van der Waals surface area contributed by atoms with E-state index < -0.39 is 5.97 Å². The molecule has 5 nitrogen and oxygen atoms in total. The van der Waals surface area contributed by atoms with Crippen LogP contribution in [-0.4, -0.2) is 27.9 Å². The molecule has 1 aliphatic carbocycles. The molecule has 1 N–H and O–H groups in total. The van der Waals surface area contributed by atoms with Crippen molar-refractivity contribution in [2.45, 2.75) is 38.8 Å². The average molecular weight is 331 g/mol. The zero-order valence-corrected chi connectivity index (χ0v) is 13.3. The van der Waals surface area contributed by atoms with Crippen LogP contribution in [-0.2, 0) is 17.8 Å². The normalized spacial score (nSPS) is 13.8. The lowest BCUT2D eigenvalue weighted by atomic mass is 10.1. The second-order valence-corrected chi connectivity index (χ2v) is 6.08. The average Bonchev–Trinajstić information content (AvgIpc) is 3.29. The number of carbonyl (C=O) groups excluding carboxylic acids is 1. The summed E-state index contributed by atoms with van der Waals surface area (Å²) in [4.78, 5) is 25.6. The first kappa shape index (κ1) is 16.2. The molecular formula is C18H18FNO4. The van der Waals surface area contributed by atoms with Crippen LogP contribution in [0, 0.1) is 12.7 Å². The van der Waals surface area contributed by atoms with E-state index in [1.54, 1.807) is 24.0 Å². The zero-order valence-electron chi connectivity index (χ0n) is 13.3. The molecule has 2 aromatic rings. The number of benzene rings is 1. The Morgan fingerprint density at radius 2 is 2.12 bits per heavy atom. The van der Waals surface area contributed by atoms with Crippen molar-refractivity contribution in [3.63, 3.8) is 0 Å². The Balaban J connectivity index is 1.88. The van der Waals surface area contributed by atoms with Crippen molar-refractivity contribution in [3.05, 3.63) is 58.8 Å². The maximum atomic E-state index is 13.4. The number of carboxylic acids is 1. The van der Waals surface area contributed by atoms with Crippen molar-refractivity contribution in [3.8, 4) is 0 Å². The van der Waals surface area contributed by atoms with Gasteiger partial charge in [-0.25, -0.2) is 4.39 Å². The van der Waals surface area contributed by atoms with Crippen LogP contribution in [0.5, 0.6) is 0 Å². The molecule has 0 radical (unpaired) electrons. The molecule has 0 spiro atoms. The van der Waals surface area contributed by atoms with E-state index in [0.717, 1.165) is 12.8 Å². The number of halogens is 1. The zero-order chi connectivity index (χ0) is 17.3. The van der Waals surface area contributed by atoms with E-state index in [4.69, 9.17) is 9.52 Å². The number of carbonyl (C=O) groups is 2. The Labute approximate surface area is 138 Å². The maximum absolute atomic E-state index is 13.4. The molecule has 0 aliphatic heterocycles. The third kappa shape index (κ3) is 3.48. The highest BCUT2D eigenvalue weighted by molar-refractivity contribution is 5.97. The number of aryl methyl sites for hydroxylation is 1. The summed E-state index contributed by atoms with van der Waals surface area (Å²) < 4.78 is 18.7. The minimum Gasteiger partial charge on any atom is -0.481 e. The van der Waals surface area contributed by atoms with E-state index >= 15 is 0 Å². The fourth-order valence-corrected chi connectivity index (χ4v) is 2.78. The van der Waals surface area contributed by atoms with Crippen LogP contribution in [0.1, 0.15) is 40.1 Å². The molecule has 6 heteroatoms. The van der Waals surface area contributed by atoms with E-state index in [-0.39, 0.29) is 29.9 Å². The molecular weight excluding hydrogens is 313 g/mol. The first-order chi connectivity index (χ1) is 11.5. The van der Waals surface area contributed by atoms with E-state index in [2.05, 4.69) is 0 Å². The number of hydrogen-bond donors (Lipinski definition) is 1. The molecule has 1 fully saturated rings. The van der Waals surface area contributed by atoms with Gasteiger partial charge in [-0.1, -0.05) is 12.1 Å². The lowest BCUT2D eigenvalue weighted by molar-refractivity contribution is -0.136. The van der Waals surface area contributed by atoms with Gasteiger partial charge in [-0.15, -0.1) is 0 Å². The molecule has 24 heavy (non-hydrogen) atoms. The quantitative estimate of drug-likeness (QED) is 0.882. The monoisotopic (exact) mass is 331 g/mol. The van der Waals surface area contributed by atoms with Crippen molar-refractivity contribution < 1.29 is 23.5 Å². The van der Waals surface area contributed by atoms with Gasteiger partial charge in [0.1, 0.15) is 18.0 Å². The van der Waals surface area contributed by atoms with Gasteiger partial charge in [0.15, 0.2) is 0 Å². The van der Waals surface area contributed by atoms with Crippen LogP contribution >= 0.6 is 0 Å². The Hall–Kier alpha value is -2.63. The third-order valence-electron chi connectivity index (χ3n) is 4.07. The molecule has 0 atom stereocenters. The molecule has 126 valence electrons. The Morgan fingerprint density at radius 1 is 1.38 bits per heavy atom. The highest BCUT2D eigenvalue weighted by Gasteiger charge is 2.35. The van der Waals surface area contributed by atoms with Gasteiger partial charge in [0, 0.05) is 18.2 Å². The largest absolute Gasteiger partial charge is 0.481 e. The predicted molar refractivity (Wildman–Crippen MR) is 84.1 cm³/mol. The van der Waals surface area contributed by atoms with Crippen molar-refractivity contribution in [2.24, 2.45) is 0 Å². The molecule has 1 aliphatic rings. The van der Waals surface area contributed by atoms with Crippen LogP contribution in [0.2, 0.25) is 0 Å². The number of carboxylic acid groups (broad SMARTS) is 1. The van der Waals surface area contributed by atoms with E-state index in [9.17, 15) is 14.0 Å². The van der Waals surface area contributed by atoms with Gasteiger partial charge in [0.05, 0.1) is 11.8 Å². The van der Waals surface area contributed by atoms with Crippen molar-refractivity contribution in [1.29, 1.82) is 0 Å². The van der Waals surface area contributed by atoms with Crippen LogP contribution in [0.4, 0.5) is 4.39 Å². The molecule has 1 amide bonds. The molecule has 1 saturated carbocycles. The third-order valence-corrected chi connectivity index (χ3v) is 4.07. The number of amides is 1. The smallest absolute Gasteiger partial charge is 0.311 e. The molecule has 0 unspecified atom stereocenters. The van der Waals surface area contributed by atoms with Gasteiger partial charge in [0.2, 0.25) is 0 Å². The Kier molecular flexibility index (Phi) is 4.38. The van der Waals surface area contributed by atoms with Crippen molar-refractivity contribution in [1.82, 2.24) is 4.90 Å². The van der Waals surface area contributed by atoms with E-state index in [1.807, 2.05) is 0 Å². The summed E-state index contributed by atoms with van der Waals surface area (Å²) in [5, 5.41) is 8.98. The molecule has 0 bridgehead atoms. The summed E-state index contributed by atoms with van der Waals surface area (Å²) in [6, 6.07) is 6.25. The van der Waals surface area contributed by atoms with Gasteiger partial charge in [-0.3, -0.25) is 9.59 Å². The lowest BCUT2D eigenvalue weighted by Gasteiger charge is -2.23. The van der Waals surface area contributed by atoms with Gasteiger partial charge in [0.25, 0.3) is 5.91 Å². The van der Waals surface area contributed by atoms with E-state index in [1.165, 1.54) is 18.4 Å². The van der Waals surface area contributed by atoms with Crippen LogP contribution in [0.15, 0.2) is 34.9 Å². The van der Waals surface area contributed by atoms with Gasteiger partial charge < -0.3 is 14.4 Å². The number of furan rings is 1. The number of rotatable bonds is 6. The predicted octanol–water partition coefficient (Wildman–Crippen LogP) is 3.16. The SMILES string of the molecule is Cc1coc(CC(=O)O)c1C(=O)N(Cc1cccc(F)c1)C1CC1. The molecule has 3 rings (SSSR count). The van der Waals surface area contributed by atoms with Gasteiger partial charge in [-0.2, -0.15) is 0 Å². The first-order valence-corrected chi connectivity index (χ1v) is 7.80. The first-order valence-electron chi connectivity index (χ1n) is 7.80. The molecule has 1 aromatic heterocycles. The van der Waals surface area contributed by atoms with Crippen LogP contribution < -0.4 is 0 Å². The minimum atomic E-state index is -1.05. The van der Waals surface area contributed by atoms with Crippen molar-refractivity contribution in [2.75, 3.05) is 0 Å². The fraction of sp³-hybridized carbons (Fsp3) is 0.333. The Morgan fingerprint density at radius 3 is 2.75 bits per heavy atom. The molecule has 0 saturated heterocycles. The second kappa shape index (κ2) is 6.47. The van der Waals surface area contributed by atoms with E-state index in [0.29, 0.717) is 23.2 Å². The molecule has 1 heterocycles. The summed E-state index contributed by atoms with van der Waals surface area (Å²) in [6.45, 7) is 2.01. The number of nitrogens with zero attached hydrogens (tertiary/aromatic N) is 1. The number of hydrogen-bond acceptors (Lipinski definition) is 3. The summed E-state index contributed by atoms with van der Waals surface area (Å²) in [5.74, 6) is -1.50. The lowest BCUT2D eigenvalue weighted by Crippen LogP contribution is -2.33. The van der Waals surface area contributed by atoms with Crippen molar-refractivity contribution >= 4 is 11.9 Å². The summed E-state index contributed by atoms with van der Waals surface area (Å²) >= 11 is 0. The summed E-state index contributed by atoms with van der Waals surface area (Å²) in [7, 11) is 0. The minimum absolute atomic E-state index is 0.104. The fourth-order valence-electron chi connectivity index (χ4n) is 2.78. The number of aliphatic carboxylic acids is 1. The highest BCUT2D eigenvalue weighted by Crippen LogP contribution is 2.31. The van der Waals surface area contributed by atoms with Crippen LogP contribution in [0.25, 0.3) is 0 Å². The van der Waals surface area contributed by atoms with Gasteiger partial charge in [-0.05, 0) is 37.5 Å². The second-order valence-electron chi connectivity index (χ2n) is 6.08. The topological polar surface area (TPSA) is 70.7 Å².